The highest BCUT2D eigenvalue weighted by molar-refractivity contribution is 7.10. The van der Waals surface area contributed by atoms with E-state index >= 15 is 0 Å². The molecule has 1 nitrogen and oxygen atoms in total. The second kappa shape index (κ2) is 5.54. The van der Waals surface area contributed by atoms with E-state index in [2.05, 4.69) is 5.32 Å². The first-order chi connectivity index (χ1) is 8.63. The van der Waals surface area contributed by atoms with Gasteiger partial charge in [-0.3, -0.25) is 0 Å². The van der Waals surface area contributed by atoms with Gasteiger partial charge in [-0.15, -0.1) is 11.3 Å². The Hall–Kier alpha value is -1.33. The summed E-state index contributed by atoms with van der Waals surface area (Å²) < 4.78 is 39.4. The number of benzene rings is 1. The Morgan fingerprint density at radius 1 is 1.22 bits per heavy atom. The van der Waals surface area contributed by atoms with Gasteiger partial charge in [0.25, 0.3) is 0 Å². The Labute approximate surface area is 107 Å². The van der Waals surface area contributed by atoms with E-state index in [1.54, 1.807) is 0 Å². The summed E-state index contributed by atoms with van der Waals surface area (Å²) in [5.74, 6) is -3.76. The molecule has 0 amide bonds. The summed E-state index contributed by atoms with van der Waals surface area (Å²) in [5, 5.41) is 5.01. The minimum Gasteiger partial charge on any atom is -0.306 e. The maximum Gasteiger partial charge on any atom is 0.194 e. The normalized spacial score (nSPS) is 12.7. The van der Waals surface area contributed by atoms with Crippen molar-refractivity contribution in [2.24, 2.45) is 0 Å². The first-order valence-electron chi connectivity index (χ1n) is 5.54. The maximum absolute atomic E-state index is 13.2. The standard InChI is InChI=1S/C13H12F3NS/c1-2-17-13(11-4-3-5-18-11)8-6-9(14)12(16)10(15)7-8/h3-7,13,17H,2H2,1H3. The molecule has 0 spiro atoms. The van der Waals surface area contributed by atoms with E-state index in [0.29, 0.717) is 12.1 Å². The first-order valence-corrected chi connectivity index (χ1v) is 6.42. The predicted octanol–water partition coefficient (Wildman–Crippen LogP) is 3.86. The zero-order valence-corrected chi connectivity index (χ0v) is 10.5. The minimum absolute atomic E-state index is 0.320. The van der Waals surface area contributed by atoms with Crippen LogP contribution < -0.4 is 5.32 Å². The summed E-state index contributed by atoms with van der Waals surface area (Å²) in [6, 6.07) is 5.48. The van der Waals surface area contributed by atoms with Crippen molar-refractivity contribution in [3.63, 3.8) is 0 Å². The molecule has 1 unspecified atom stereocenters. The highest BCUT2D eigenvalue weighted by Gasteiger charge is 2.18. The van der Waals surface area contributed by atoms with Crippen LogP contribution in [0, 0.1) is 17.5 Å². The van der Waals surface area contributed by atoms with Gasteiger partial charge in [-0.25, -0.2) is 13.2 Å². The molecule has 0 bridgehead atoms. The second-order valence-corrected chi connectivity index (χ2v) is 4.78. The van der Waals surface area contributed by atoms with Crippen LogP contribution in [0.2, 0.25) is 0 Å². The number of hydrogen-bond donors (Lipinski definition) is 1. The van der Waals surface area contributed by atoms with Crippen molar-refractivity contribution in [2.45, 2.75) is 13.0 Å². The van der Waals surface area contributed by atoms with Gasteiger partial charge in [-0.1, -0.05) is 13.0 Å². The third kappa shape index (κ3) is 2.57. The Morgan fingerprint density at radius 3 is 2.39 bits per heavy atom. The molecule has 0 saturated heterocycles. The number of halogens is 3. The van der Waals surface area contributed by atoms with Crippen molar-refractivity contribution in [2.75, 3.05) is 6.54 Å². The van der Waals surface area contributed by atoms with Crippen LogP contribution in [-0.4, -0.2) is 6.54 Å². The number of rotatable bonds is 4. The summed E-state index contributed by atoms with van der Waals surface area (Å²) in [4.78, 5) is 0.933. The Morgan fingerprint density at radius 2 is 1.89 bits per heavy atom. The number of nitrogens with one attached hydrogen (secondary N) is 1. The lowest BCUT2D eigenvalue weighted by atomic mass is 10.0. The molecule has 0 saturated carbocycles. The van der Waals surface area contributed by atoms with Crippen molar-refractivity contribution in [1.29, 1.82) is 0 Å². The fourth-order valence-electron chi connectivity index (χ4n) is 1.78. The van der Waals surface area contributed by atoms with Crippen molar-refractivity contribution >= 4 is 11.3 Å². The van der Waals surface area contributed by atoms with E-state index in [-0.39, 0.29) is 6.04 Å². The van der Waals surface area contributed by atoms with E-state index in [0.717, 1.165) is 17.0 Å². The molecule has 1 N–H and O–H groups in total. The van der Waals surface area contributed by atoms with E-state index in [1.165, 1.54) is 11.3 Å². The molecule has 2 aromatic rings. The van der Waals surface area contributed by atoms with Gasteiger partial charge in [0.1, 0.15) is 0 Å². The second-order valence-electron chi connectivity index (χ2n) is 3.80. The zero-order valence-electron chi connectivity index (χ0n) is 9.71. The van der Waals surface area contributed by atoms with Gasteiger partial charge in [0, 0.05) is 4.88 Å². The van der Waals surface area contributed by atoms with E-state index in [4.69, 9.17) is 0 Å². The van der Waals surface area contributed by atoms with E-state index in [1.807, 2.05) is 24.4 Å². The topological polar surface area (TPSA) is 12.0 Å². The SMILES string of the molecule is CCNC(c1cc(F)c(F)c(F)c1)c1cccs1. The van der Waals surface area contributed by atoms with E-state index in [9.17, 15) is 13.2 Å². The lowest BCUT2D eigenvalue weighted by Gasteiger charge is -2.17. The van der Waals surface area contributed by atoms with Gasteiger partial charge in [0.15, 0.2) is 17.5 Å². The summed E-state index contributed by atoms with van der Waals surface area (Å²) in [6.07, 6.45) is 0. The lowest BCUT2D eigenvalue weighted by Crippen LogP contribution is -2.21. The Kier molecular flexibility index (Phi) is 4.04. The molecule has 18 heavy (non-hydrogen) atoms. The van der Waals surface area contributed by atoms with Crippen LogP contribution in [-0.2, 0) is 0 Å². The highest BCUT2D eigenvalue weighted by Crippen LogP contribution is 2.28. The van der Waals surface area contributed by atoms with Gasteiger partial charge >= 0.3 is 0 Å². The summed E-state index contributed by atoms with van der Waals surface area (Å²) >= 11 is 1.48. The first kappa shape index (κ1) is 13.1. The van der Waals surface area contributed by atoms with Crippen molar-refractivity contribution in [3.05, 3.63) is 57.5 Å². The number of thiophene rings is 1. The zero-order chi connectivity index (χ0) is 13.1. The third-order valence-corrected chi connectivity index (χ3v) is 3.51. The fraction of sp³-hybridized carbons (Fsp3) is 0.231. The molecule has 1 aromatic carbocycles. The average molecular weight is 271 g/mol. The largest absolute Gasteiger partial charge is 0.306 e. The molecule has 1 aromatic heterocycles. The molecular formula is C13H12F3NS. The molecular weight excluding hydrogens is 259 g/mol. The van der Waals surface area contributed by atoms with Gasteiger partial charge < -0.3 is 5.32 Å². The fourth-order valence-corrected chi connectivity index (χ4v) is 2.61. The average Bonchev–Trinajstić information content (AvgIpc) is 2.86. The Bertz CT molecular complexity index is 502. The van der Waals surface area contributed by atoms with Gasteiger partial charge in [0.05, 0.1) is 6.04 Å². The molecule has 5 heteroatoms. The monoisotopic (exact) mass is 271 g/mol. The smallest absolute Gasteiger partial charge is 0.194 e. The maximum atomic E-state index is 13.2. The predicted molar refractivity (Wildman–Crippen MR) is 66.2 cm³/mol. The van der Waals surface area contributed by atoms with Crippen LogP contribution in [0.5, 0.6) is 0 Å². The molecule has 2 rings (SSSR count). The molecule has 96 valence electrons. The van der Waals surface area contributed by atoms with Crippen LogP contribution in [0.4, 0.5) is 13.2 Å². The molecule has 0 aliphatic heterocycles. The molecule has 1 heterocycles. The van der Waals surface area contributed by atoms with Gasteiger partial charge in [0.2, 0.25) is 0 Å². The van der Waals surface area contributed by atoms with Crippen molar-refractivity contribution in [1.82, 2.24) is 5.32 Å². The Balaban J connectivity index is 2.43. The quantitative estimate of drug-likeness (QED) is 0.832. The van der Waals surface area contributed by atoms with Crippen LogP contribution in [0.15, 0.2) is 29.6 Å². The van der Waals surface area contributed by atoms with Crippen LogP contribution in [0.25, 0.3) is 0 Å². The highest BCUT2D eigenvalue weighted by atomic mass is 32.1. The van der Waals surface area contributed by atoms with Gasteiger partial charge in [-0.2, -0.15) is 0 Å². The van der Waals surface area contributed by atoms with Crippen LogP contribution in [0.3, 0.4) is 0 Å². The number of hydrogen-bond acceptors (Lipinski definition) is 2. The summed E-state index contributed by atoms with van der Waals surface area (Å²) in [5.41, 5.74) is 0.385. The summed E-state index contributed by atoms with van der Waals surface area (Å²) in [6.45, 7) is 2.54. The van der Waals surface area contributed by atoms with Crippen molar-refractivity contribution < 1.29 is 13.2 Å². The molecule has 0 fully saturated rings. The minimum atomic E-state index is -1.43. The molecule has 0 aliphatic carbocycles. The van der Waals surface area contributed by atoms with E-state index < -0.39 is 17.5 Å². The lowest BCUT2D eigenvalue weighted by molar-refractivity contribution is 0.443. The third-order valence-electron chi connectivity index (χ3n) is 2.58. The van der Waals surface area contributed by atoms with Gasteiger partial charge in [-0.05, 0) is 35.7 Å². The molecule has 0 aliphatic rings. The van der Waals surface area contributed by atoms with Crippen LogP contribution in [0.1, 0.15) is 23.4 Å². The van der Waals surface area contributed by atoms with Crippen molar-refractivity contribution in [3.8, 4) is 0 Å². The molecule has 1 atom stereocenters. The van der Waals surface area contributed by atoms with Crippen LogP contribution >= 0.6 is 11.3 Å². The summed E-state index contributed by atoms with van der Waals surface area (Å²) in [7, 11) is 0. The molecule has 0 radical (unpaired) electrons.